The van der Waals surface area contributed by atoms with Crippen LogP contribution in [0.15, 0.2) is 53.4 Å². The van der Waals surface area contributed by atoms with Gasteiger partial charge in [0.15, 0.2) is 11.2 Å². The Morgan fingerprint density at radius 2 is 1.76 bits per heavy atom. The van der Waals surface area contributed by atoms with Crippen LogP contribution in [-0.4, -0.2) is 79.2 Å². The highest BCUT2D eigenvalue weighted by Gasteiger charge is 2.45. The molecule has 41 heavy (non-hydrogen) atoms. The molecule has 0 saturated carbocycles. The lowest BCUT2D eigenvalue weighted by Crippen LogP contribution is -2.64. The summed E-state index contributed by atoms with van der Waals surface area (Å²) in [5, 5.41) is 51.9. The molecule has 5 N–H and O–H groups in total. The average molecular weight is 600 g/mol. The number of allylic oxidation sites excluding steroid dienone is 2. The molecule has 3 aromatic rings. The number of nitrogens with one attached hydrogen (secondary N) is 1. The fourth-order valence-electron chi connectivity index (χ4n) is 5.35. The van der Waals surface area contributed by atoms with Crippen molar-refractivity contribution in [2.24, 2.45) is 0 Å². The largest absolute Gasteiger partial charge is 0.394 e. The van der Waals surface area contributed by atoms with Crippen LogP contribution in [0.2, 0.25) is 0 Å². The maximum atomic E-state index is 13.2. The van der Waals surface area contributed by atoms with Crippen molar-refractivity contribution >= 4 is 43.4 Å². The van der Waals surface area contributed by atoms with Crippen LogP contribution in [0.25, 0.3) is 26.8 Å². The highest BCUT2D eigenvalue weighted by atomic mass is 32.2. The van der Waals surface area contributed by atoms with Gasteiger partial charge in [-0.15, -0.1) is 11.3 Å². The third-order valence-electron chi connectivity index (χ3n) is 7.71. The quantitative estimate of drug-likeness (QED) is 0.257. The molecule has 2 aliphatic rings. The van der Waals surface area contributed by atoms with Crippen LogP contribution < -0.4 is 9.62 Å². The van der Waals surface area contributed by atoms with Crippen molar-refractivity contribution in [1.29, 1.82) is 5.26 Å². The van der Waals surface area contributed by atoms with Gasteiger partial charge >= 0.3 is 0 Å². The SMILES string of the molecule is C/C(=C(/C#N)S(=O)(=O)N[C@H]1C(O)O[C@H](CO)[C@@H](O)[C@@H]1O)c1ccc(-c2ccc3cc(N4CCCCC4)ccc3c2)s1. The maximum absolute atomic E-state index is 13.2. The molecule has 2 aliphatic heterocycles. The number of fused-ring (bicyclic) bond motifs is 1. The molecule has 3 heterocycles. The summed E-state index contributed by atoms with van der Waals surface area (Å²) in [4.78, 5) is 3.29. The van der Waals surface area contributed by atoms with E-state index in [-0.39, 0.29) is 5.57 Å². The zero-order valence-electron chi connectivity index (χ0n) is 22.5. The Labute approximate surface area is 242 Å². The minimum Gasteiger partial charge on any atom is -0.394 e. The number of rotatable bonds is 7. The molecule has 1 aromatic heterocycles. The summed E-state index contributed by atoms with van der Waals surface area (Å²) in [7, 11) is -4.53. The maximum Gasteiger partial charge on any atom is 0.251 e. The van der Waals surface area contributed by atoms with Gasteiger partial charge in [-0.05, 0) is 78.4 Å². The third kappa shape index (κ3) is 6.04. The van der Waals surface area contributed by atoms with Crippen LogP contribution >= 0.6 is 11.3 Å². The minimum atomic E-state index is -4.53. The Morgan fingerprint density at radius 1 is 1.05 bits per heavy atom. The first-order valence-electron chi connectivity index (χ1n) is 13.5. The van der Waals surface area contributed by atoms with E-state index in [0.717, 1.165) is 34.3 Å². The van der Waals surface area contributed by atoms with Crippen molar-refractivity contribution in [2.45, 2.75) is 56.8 Å². The molecule has 5 rings (SSSR count). The average Bonchev–Trinajstić information content (AvgIpc) is 3.48. The van der Waals surface area contributed by atoms with E-state index in [1.54, 1.807) is 12.1 Å². The van der Waals surface area contributed by atoms with E-state index in [1.165, 1.54) is 43.2 Å². The van der Waals surface area contributed by atoms with Crippen molar-refractivity contribution < 1.29 is 33.6 Å². The second-order valence-electron chi connectivity index (χ2n) is 10.4. The van der Waals surface area contributed by atoms with Gasteiger partial charge < -0.3 is 30.1 Å². The first-order chi connectivity index (χ1) is 19.6. The van der Waals surface area contributed by atoms with Crippen LogP contribution in [-0.2, 0) is 14.8 Å². The Bertz CT molecular complexity index is 1590. The van der Waals surface area contributed by atoms with Gasteiger partial charge in [-0.25, -0.2) is 8.42 Å². The summed E-state index contributed by atoms with van der Waals surface area (Å²) in [6.45, 7) is 2.98. The van der Waals surface area contributed by atoms with Gasteiger partial charge in [-0.2, -0.15) is 9.98 Å². The molecule has 218 valence electrons. The number of hydrogen-bond donors (Lipinski definition) is 5. The number of hydrogen-bond acceptors (Lipinski definition) is 10. The van der Waals surface area contributed by atoms with E-state index in [2.05, 4.69) is 40.0 Å². The summed E-state index contributed by atoms with van der Waals surface area (Å²) < 4.78 is 33.4. The lowest BCUT2D eigenvalue weighted by atomic mass is 9.98. The number of nitrogens with zero attached hydrogens (tertiary/aromatic N) is 2. The van der Waals surface area contributed by atoms with E-state index in [4.69, 9.17) is 4.74 Å². The molecular formula is C29H33N3O7S2. The molecule has 2 saturated heterocycles. The molecule has 1 unspecified atom stereocenters. The number of aliphatic hydroxyl groups is 4. The first kappa shape index (κ1) is 29.6. The lowest BCUT2D eigenvalue weighted by Gasteiger charge is -2.40. The Kier molecular flexibility index (Phi) is 8.79. The number of ether oxygens (including phenoxy) is 1. The second-order valence-corrected chi connectivity index (χ2v) is 13.1. The number of sulfonamides is 1. The summed E-state index contributed by atoms with van der Waals surface area (Å²) in [5.74, 6) is 0. The van der Waals surface area contributed by atoms with Crippen LogP contribution in [0, 0.1) is 11.3 Å². The van der Waals surface area contributed by atoms with Crippen molar-refractivity contribution in [3.05, 3.63) is 58.3 Å². The molecule has 2 aromatic carbocycles. The van der Waals surface area contributed by atoms with Gasteiger partial charge in [-0.3, -0.25) is 0 Å². The van der Waals surface area contributed by atoms with Gasteiger partial charge in [-0.1, -0.05) is 18.2 Å². The van der Waals surface area contributed by atoms with Gasteiger partial charge in [0, 0.05) is 28.5 Å². The van der Waals surface area contributed by atoms with Crippen molar-refractivity contribution in [1.82, 2.24) is 4.72 Å². The zero-order valence-corrected chi connectivity index (χ0v) is 24.1. The molecule has 0 spiro atoms. The molecule has 0 amide bonds. The van der Waals surface area contributed by atoms with E-state index in [9.17, 15) is 34.1 Å². The zero-order chi connectivity index (χ0) is 29.3. The first-order valence-corrected chi connectivity index (χ1v) is 15.8. The molecule has 10 nitrogen and oxygen atoms in total. The Morgan fingerprint density at radius 3 is 2.46 bits per heavy atom. The van der Waals surface area contributed by atoms with Crippen LogP contribution in [0.1, 0.15) is 31.1 Å². The van der Waals surface area contributed by atoms with Gasteiger partial charge in [0.05, 0.1) is 6.61 Å². The second kappa shape index (κ2) is 12.2. The number of aliphatic hydroxyl groups excluding tert-OH is 4. The van der Waals surface area contributed by atoms with Gasteiger partial charge in [0.1, 0.15) is 30.4 Å². The predicted octanol–water partition coefficient (Wildman–Crippen LogP) is 2.53. The van der Waals surface area contributed by atoms with E-state index in [0.29, 0.717) is 4.88 Å². The van der Waals surface area contributed by atoms with Crippen molar-refractivity contribution in [3.63, 3.8) is 0 Å². The van der Waals surface area contributed by atoms with Crippen molar-refractivity contribution in [2.75, 3.05) is 24.6 Å². The molecule has 0 radical (unpaired) electrons. The summed E-state index contributed by atoms with van der Waals surface area (Å²) in [6, 6.07) is 16.4. The van der Waals surface area contributed by atoms with Gasteiger partial charge in [0.25, 0.3) is 10.0 Å². The minimum absolute atomic E-state index is 0.192. The third-order valence-corrected chi connectivity index (χ3v) is 10.5. The fraction of sp³-hybridized carbons (Fsp3) is 0.414. The molecular weight excluding hydrogens is 566 g/mol. The number of piperidine rings is 1. The molecule has 0 aliphatic carbocycles. The van der Waals surface area contributed by atoms with Crippen molar-refractivity contribution in [3.8, 4) is 16.5 Å². The van der Waals surface area contributed by atoms with Crippen LogP contribution in [0.3, 0.4) is 0 Å². The number of nitriles is 1. The Hall–Kier alpha value is -2.86. The molecule has 5 atom stereocenters. The lowest BCUT2D eigenvalue weighted by molar-refractivity contribution is -0.251. The van der Waals surface area contributed by atoms with E-state index in [1.807, 2.05) is 12.1 Å². The monoisotopic (exact) mass is 599 g/mol. The number of benzene rings is 2. The molecule has 12 heteroatoms. The van der Waals surface area contributed by atoms with Gasteiger partial charge in [0.2, 0.25) is 0 Å². The highest BCUT2D eigenvalue weighted by Crippen LogP contribution is 2.36. The standard InChI is InChI=1S/C29H33N3O7S2/c1-17(25(15-30)41(37,38)31-26-28(35)27(34)22(16-33)39-29(26)36)23-9-10-24(40-23)20-6-5-19-14-21(8-7-18(19)13-20)32-11-3-2-4-12-32/h5-10,13-14,22,26-29,31,33-36H,2-4,11-12,16H2,1H3/b25-17+/t22-,26-,27-,28-,29?/m1/s1. The summed E-state index contributed by atoms with van der Waals surface area (Å²) in [5.41, 5.74) is 2.38. The topological polar surface area (TPSA) is 163 Å². The summed E-state index contributed by atoms with van der Waals surface area (Å²) >= 11 is 1.34. The normalized spacial score (nSPS) is 26.0. The predicted molar refractivity (Wildman–Crippen MR) is 157 cm³/mol. The smallest absolute Gasteiger partial charge is 0.251 e. The summed E-state index contributed by atoms with van der Waals surface area (Å²) in [6.07, 6.45) is -2.86. The number of thiophene rings is 1. The van der Waals surface area contributed by atoms with E-state index < -0.39 is 52.2 Å². The van der Waals surface area contributed by atoms with Crippen LogP contribution in [0.5, 0.6) is 0 Å². The Balaban J connectivity index is 1.38. The van der Waals surface area contributed by atoms with Crippen LogP contribution in [0.4, 0.5) is 5.69 Å². The highest BCUT2D eigenvalue weighted by molar-refractivity contribution is 7.93. The number of anilines is 1. The molecule has 0 bridgehead atoms. The fourth-order valence-corrected chi connectivity index (χ4v) is 7.79. The molecule has 2 fully saturated rings. The van der Waals surface area contributed by atoms with E-state index >= 15 is 0 Å².